The van der Waals surface area contributed by atoms with Crippen LogP contribution in [-0.2, 0) is 15.7 Å². The molecule has 0 aliphatic carbocycles. The predicted octanol–water partition coefficient (Wildman–Crippen LogP) is 4.00. The fourth-order valence-corrected chi connectivity index (χ4v) is 4.22. The summed E-state index contributed by atoms with van der Waals surface area (Å²) in [6.45, 7) is 2.56. The smallest absolute Gasteiger partial charge is 0.381 e. The molecule has 156 valence electrons. The van der Waals surface area contributed by atoms with Crippen LogP contribution in [0.2, 0.25) is 5.02 Å². The van der Waals surface area contributed by atoms with Crippen molar-refractivity contribution < 1.29 is 22.7 Å². The molecule has 2 aliphatic heterocycles. The highest BCUT2D eigenvalue weighted by Gasteiger charge is 2.34. The minimum atomic E-state index is -4.47. The van der Waals surface area contributed by atoms with Gasteiger partial charge in [-0.05, 0) is 38.2 Å². The molecule has 28 heavy (non-hydrogen) atoms. The molecule has 2 fully saturated rings. The molecule has 1 unspecified atom stereocenters. The minimum absolute atomic E-state index is 0.0160. The normalized spacial score (nSPS) is 22.2. The third kappa shape index (κ3) is 4.89. The van der Waals surface area contributed by atoms with Gasteiger partial charge in [0.15, 0.2) is 0 Å². The molecule has 0 N–H and O–H groups in total. The molecule has 9 heteroatoms. The molecule has 1 amide bonds. The molecular weight excluding hydrogens is 395 g/mol. The third-order valence-corrected chi connectivity index (χ3v) is 5.89. The average Bonchev–Trinajstić information content (AvgIpc) is 2.92. The van der Waals surface area contributed by atoms with Gasteiger partial charge in [0.2, 0.25) is 5.91 Å². The van der Waals surface area contributed by atoms with Gasteiger partial charge in [-0.1, -0.05) is 11.6 Å². The first-order valence-corrected chi connectivity index (χ1v) is 9.96. The van der Waals surface area contributed by atoms with E-state index in [1.54, 1.807) is 7.11 Å². The summed E-state index contributed by atoms with van der Waals surface area (Å²) in [4.78, 5) is 20.6. The van der Waals surface area contributed by atoms with Crippen molar-refractivity contribution in [2.75, 3.05) is 38.2 Å². The number of piperidine rings is 1. The zero-order chi connectivity index (χ0) is 20.3. The first-order chi connectivity index (χ1) is 13.3. The Kier molecular flexibility index (Phi) is 6.70. The van der Waals surface area contributed by atoms with E-state index < -0.39 is 11.7 Å². The number of nitrogens with zero attached hydrogens (tertiary/aromatic N) is 3. The maximum Gasteiger partial charge on any atom is 0.417 e. The number of amides is 1. The van der Waals surface area contributed by atoms with Crippen LogP contribution >= 0.6 is 11.6 Å². The zero-order valence-corrected chi connectivity index (χ0v) is 16.6. The van der Waals surface area contributed by atoms with E-state index in [4.69, 9.17) is 16.3 Å². The lowest BCUT2D eigenvalue weighted by Crippen LogP contribution is -2.43. The highest BCUT2D eigenvalue weighted by molar-refractivity contribution is 6.33. The van der Waals surface area contributed by atoms with Crippen molar-refractivity contribution in [3.8, 4) is 0 Å². The van der Waals surface area contributed by atoms with E-state index in [1.807, 2.05) is 9.80 Å². The van der Waals surface area contributed by atoms with Crippen LogP contribution in [0, 0.1) is 5.92 Å². The second-order valence-corrected chi connectivity index (χ2v) is 7.81. The Morgan fingerprint density at radius 1 is 1.18 bits per heavy atom. The second-order valence-electron chi connectivity index (χ2n) is 7.40. The first kappa shape index (κ1) is 21.2. The highest BCUT2D eigenvalue weighted by Crippen LogP contribution is 2.35. The molecule has 2 aliphatic rings. The van der Waals surface area contributed by atoms with E-state index in [9.17, 15) is 18.0 Å². The van der Waals surface area contributed by atoms with Crippen molar-refractivity contribution in [3.05, 3.63) is 22.8 Å². The van der Waals surface area contributed by atoms with Crippen molar-refractivity contribution in [2.45, 2.75) is 44.4 Å². The molecule has 3 rings (SSSR count). The van der Waals surface area contributed by atoms with E-state index in [2.05, 4.69) is 4.98 Å². The molecule has 1 aromatic heterocycles. The number of halogens is 4. The number of likely N-dealkylation sites (tertiary alicyclic amines) is 1. The van der Waals surface area contributed by atoms with Crippen LogP contribution in [0.25, 0.3) is 0 Å². The van der Waals surface area contributed by atoms with Gasteiger partial charge in [-0.15, -0.1) is 0 Å². The Hall–Kier alpha value is -1.54. The summed E-state index contributed by atoms with van der Waals surface area (Å²) >= 11 is 6.04. The van der Waals surface area contributed by atoms with Crippen LogP contribution in [0.5, 0.6) is 0 Å². The SMILES string of the molecule is COC1CCCN(C(=O)C2CCN(c3ncc(C(F)(F)F)cc3Cl)CC2)CC1. The van der Waals surface area contributed by atoms with Gasteiger partial charge in [0.05, 0.1) is 16.7 Å². The highest BCUT2D eigenvalue weighted by atomic mass is 35.5. The van der Waals surface area contributed by atoms with Crippen LogP contribution in [0.15, 0.2) is 12.3 Å². The Morgan fingerprint density at radius 2 is 1.89 bits per heavy atom. The quantitative estimate of drug-likeness (QED) is 0.743. The molecule has 1 aromatic rings. The Morgan fingerprint density at radius 3 is 2.50 bits per heavy atom. The van der Waals surface area contributed by atoms with E-state index in [1.165, 1.54) is 0 Å². The van der Waals surface area contributed by atoms with E-state index in [0.29, 0.717) is 38.3 Å². The van der Waals surface area contributed by atoms with Crippen LogP contribution in [0.4, 0.5) is 19.0 Å². The van der Waals surface area contributed by atoms with Gasteiger partial charge in [0.1, 0.15) is 5.82 Å². The van der Waals surface area contributed by atoms with Gasteiger partial charge in [0.25, 0.3) is 0 Å². The minimum Gasteiger partial charge on any atom is -0.381 e. The number of anilines is 1. The molecule has 1 atom stereocenters. The van der Waals surface area contributed by atoms with Crippen LogP contribution in [0.3, 0.4) is 0 Å². The average molecular weight is 420 g/mol. The van der Waals surface area contributed by atoms with Crippen molar-refractivity contribution in [1.82, 2.24) is 9.88 Å². The van der Waals surface area contributed by atoms with E-state index >= 15 is 0 Å². The largest absolute Gasteiger partial charge is 0.417 e. The molecule has 0 spiro atoms. The summed E-state index contributed by atoms with van der Waals surface area (Å²) in [5.74, 6) is 0.449. The van der Waals surface area contributed by atoms with Crippen molar-refractivity contribution >= 4 is 23.3 Å². The monoisotopic (exact) mass is 419 g/mol. The topological polar surface area (TPSA) is 45.7 Å². The third-order valence-electron chi connectivity index (χ3n) is 5.61. The van der Waals surface area contributed by atoms with E-state index in [-0.39, 0.29) is 23.0 Å². The molecule has 0 saturated carbocycles. The number of hydrogen-bond acceptors (Lipinski definition) is 4. The van der Waals surface area contributed by atoms with Gasteiger partial charge in [0, 0.05) is 45.4 Å². The number of alkyl halides is 3. The van der Waals surface area contributed by atoms with Gasteiger partial charge < -0.3 is 14.5 Å². The van der Waals surface area contributed by atoms with E-state index in [0.717, 1.165) is 38.1 Å². The summed E-state index contributed by atoms with van der Waals surface area (Å²) in [5.41, 5.74) is -0.859. The molecule has 5 nitrogen and oxygen atoms in total. The van der Waals surface area contributed by atoms with Crippen LogP contribution < -0.4 is 4.90 Å². The molecule has 0 bridgehead atoms. The maximum atomic E-state index is 12.9. The van der Waals surface area contributed by atoms with Gasteiger partial charge in [-0.25, -0.2) is 4.98 Å². The summed E-state index contributed by atoms with van der Waals surface area (Å²) < 4.78 is 43.7. The lowest BCUT2D eigenvalue weighted by atomic mass is 9.95. The summed E-state index contributed by atoms with van der Waals surface area (Å²) in [6, 6.07) is 0.907. The van der Waals surface area contributed by atoms with Gasteiger partial charge >= 0.3 is 6.18 Å². The number of ether oxygens (including phenoxy) is 1. The lowest BCUT2D eigenvalue weighted by molar-refractivity contribution is -0.138. The summed E-state index contributed by atoms with van der Waals surface area (Å²) in [7, 11) is 1.71. The second kappa shape index (κ2) is 8.86. The van der Waals surface area contributed by atoms with Crippen molar-refractivity contribution in [3.63, 3.8) is 0 Å². The number of hydrogen-bond donors (Lipinski definition) is 0. The Balaban J connectivity index is 1.58. The van der Waals surface area contributed by atoms with Crippen molar-refractivity contribution in [1.29, 1.82) is 0 Å². The fraction of sp³-hybridized carbons (Fsp3) is 0.684. The van der Waals surface area contributed by atoms with Gasteiger partial charge in [-0.3, -0.25) is 4.79 Å². The molecule has 2 saturated heterocycles. The molecule has 0 aromatic carbocycles. The Bertz CT molecular complexity index is 693. The summed E-state index contributed by atoms with van der Waals surface area (Å²) in [6.07, 6.45) is 0.597. The zero-order valence-electron chi connectivity index (χ0n) is 15.8. The number of pyridine rings is 1. The molecule has 3 heterocycles. The van der Waals surface area contributed by atoms with Crippen LogP contribution in [-0.4, -0.2) is 55.2 Å². The number of carbonyl (C=O) groups excluding carboxylic acids is 1. The number of rotatable bonds is 3. The van der Waals surface area contributed by atoms with Crippen molar-refractivity contribution in [2.24, 2.45) is 5.92 Å². The first-order valence-electron chi connectivity index (χ1n) is 9.59. The number of methoxy groups -OCH3 is 1. The van der Waals surface area contributed by atoms with Gasteiger partial charge in [-0.2, -0.15) is 13.2 Å². The molecule has 0 radical (unpaired) electrons. The molecular formula is C19H25ClF3N3O2. The fourth-order valence-electron chi connectivity index (χ4n) is 3.94. The number of aromatic nitrogens is 1. The Labute approximate surface area is 167 Å². The number of carbonyl (C=O) groups is 1. The summed E-state index contributed by atoms with van der Waals surface area (Å²) in [5, 5.41) is -0.0160. The lowest BCUT2D eigenvalue weighted by Gasteiger charge is -2.35. The predicted molar refractivity (Wildman–Crippen MR) is 100 cm³/mol. The standard InChI is InChI=1S/C19H25ClF3N3O2/c1-28-15-3-2-7-26(10-6-15)18(27)13-4-8-25(9-5-13)17-16(20)11-14(12-24-17)19(21,22)23/h11-13,15H,2-10H2,1H3. The maximum absolute atomic E-state index is 12.9. The van der Waals surface area contributed by atoms with Crippen LogP contribution in [0.1, 0.15) is 37.7 Å².